The van der Waals surface area contributed by atoms with E-state index in [9.17, 15) is 4.79 Å². The summed E-state index contributed by atoms with van der Waals surface area (Å²) in [7, 11) is 1.61. The quantitative estimate of drug-likeness (QED) is 0.482. The topological polar surface area (TPSA) is 76.1 Å². The highest BCUT2D eigenvalue weighted by Crippen LogP contribution is 2.48. The Labute approximate surface area is 143 Å². The lowest BCUT2D eigenvalue weighted by molar-refractivity contribution is -0.119. The number of amides is 1. The van der Waals surface area contributed by atoms with Crippen molar-refractivity contribution in [3.63, 3.8) is 0 Å². The summed E-state index contributed by atoms with van der Waals surface area (Å²) in [4.78, 5) is 22.2. The first kappa shape index (κ1) is 15.1. The van der Waals surface area contributed by atoms with Crippen LogP contribution < -0.4 is 15.4 Å². The van der Waals surface area contributed by atoms with Crippen molar-refractivity contribution >= 4 is 35.1 Å². The number of fused-ring (bicyclic) bond motifs is 1. The molecule has 0 aromatic carbocycles. The minimum absolute atomic E-state index is 0.0135. The molecule has 0 atom stereocenters. The van der Waals surface area contributed by atoms with Crippen LogP contribution in [-0.4, -0.2) is 34.8 Å². The summed E-state index contributed by atoms with van der Waals surface area (Å²) >= 11 is 2.87. The SMILES string of the molecule is COc1nc(SC)nc2c1NC1=C(S2)C(=O)NC2(CCCC2)C1. The zero-order valence-electron chi connectivity index (χ0n) is 13.1. The Balaban J connectivity index is 1.73. The summed E-state index contributed by atoms with van der Waals surface area (Å²) < 4.78 is 5.42. The molecule has 1 aliphatic carbocycles. The Hall–Kier alpha value is -1.41. The van der Waals surface area contributed by atoms with Crippen molar-refractivity contribution in [2.75, 3.05) is 18.7 Å². The predicted octanol–water partition coefficient (Wildman–Crippen LogP) is 2.77. The average Bonchev–Trinajstić information content (AvgIpc) is 3.00. The lowest BCUT2D eigenvalue weighted by Crippen LogP contribution is -2.51. The molecule has 8 heteroatoms. The van der Waals surface area contributed by atoms with Gasteiger partial charge in [-0.1, -0.05) is 36.4 Å². The number of thioether (sulfide) groups is 2. The van der Waals surface area contributed by atoms with E-state index in [1.54, 1.807) is 7.11 Å². The Morgan fingerprint density at radius 3 is 2.78 bits per heavy atom. The second-order valence-corrected chi connectivity index (χ2v) is 7.83. The van der Waals surface area contributed by atoms with Crippen LogP contribution in [0.25, 0.3) is 0 Å². The van der Waals surface area contributed by atoms with E-state index in [-0.39, 0.29) is 11.4 Å². The van der Waals surface area contributed by atoms with E-state index in [1.807, 2.05) is 6.26 Å². The minimum atomic E-state index is -0.0751. The van der Waals surface area contributed by atoms with Gasteiger partial charge in [0.25, 0.3) is 5.91 Å². The molecule has 6 nitrogen and oxygen atoms in total. The van der Waals surface area contributed by atoms with Crippen LogP contribution in [0.2, 0.25) is 0 Å². The summed E-state index contributed by atoms with van der Waals surface area (Å²) in [5.41, 5.74) is 1.68. The Morgan fingerprint density at radius 2 is 2.09 bits per heavy atom. The maximum absolute atomic E-state index is 12.6. The number of carbonyl (C=O) groups is 1. The van der Waals surface area contributed by atoms with Crippen LogP contribution in [-0.2, 0) is 4.79 Å². The monoisotopic (exact) mass is 350 g/mol. The molecule has 0 radical (unpaired) electrons. The van der Waals surface area contributed by atoms with E-state index < -0.39 is 0 Å². The van der Waals surface area contributed by atoms with Gasteiger partial charge >= 0.3 is 0 Å². The van der Waals surface area contributed by atoms with Crippen LogP contribution in [0.5, 0.6) is 5.88 Å². The lowest BCUT2D eigenvalue weighted by atomic mass is 9.88. The van der Waals surface area contributed by atoms with Crippen LogP contribution in [0.15, 0.2) is 20.8 Å². The molecule has 1 spiro atoms. The molecule has 122 valence electrons. The molecule has 1 saturated carbocycles. The van der Waals surface area contributed by atoms with Crippen molar-refractivity contribution in [2.24, 2.45) is 0 Å². The highest BCUT2D eigenvalue weighted by Gasteiger charge is 2.43. The molecule has 0 saturated heterocycles. The highest BCUT2D eigenvalue weighted by molar-refractivity contribution is 8.04. The van der Waals surface area contributed by atoms with Crippen LogP contribution in [0, 0.1) is 0 Å². The fourth-order valence-corrected chi connectivity index (χ4v) is 4.90. The van der Waals surface area contributed by atoms with Gasteiger partial charge in [0.2, 0.25) is 5.88 Å². The molecule has 2 aliphatic heterocycles. The minimum Gasteiger partial charge on any atom is -0.479 e. The Morgan fingerprint density at radius 1 is 1.30 bits per heavy atom. The fraction of sp³-hybridized carbons (Fsp3) is 0.533. The molecule has 3 heterocycles. The number of rotatable bonds is 2. The molecular formula is C15H18N4O2S2. The molecular weight excluding hydrogens is 332 g/mol. The summed E-state index contributed by atoms with van der Waals surface area (Å²) in [6.07, 6.45) is 7.21. The Kier molecular flexibility index (Phi) is 3.68. The van der Waals surface area contributed by atoms with E-state index in [4.69, 9.17) is 4.74 Å². The van der Waals surface area contributed by atoms with Crippen molar-refractivity contribution in [3.8, 4) is 5.88 Å². The molecule has 2 N–H and O–H groups in total. The second kappa shape index (κ2) is 5.59. The first-order valence-electron chi connectivity index (χ1n) is 7.65. The number of nitrogens with one attached hydrogen (secondary N) is 2. The number of carbonyl (C=O) groups excluding carboxylic acids is 1. The third-order valence-corrected chi connectivity index (χ3v) is 6.28. The van der Waals surface area contributed by atoms with Crippen LogP contribution >= 0.6 is 23.5 Å². The fourth-order valence-electron chi connectivity index (χ4n) is 3.53. The molecule has 3 aliphatic rings. The number of ether oxygens (including phenoxy) is 1. The van der Waals surface area contributed by atoms with E-state index in [0.29, 0.717) is 11.0 Å². The molecule has 1 aromatic heterocycles. The van der Waals surface area contributed by atoms with Gasteiger partial charge in [-0.25, -0.2) is 4.98 Å². The first-order valence-corrected chi connectivity index (χ1v) is 9.69. The zero-order chi connectivity index (χ0) is 16.0. The summed E-state index contributed by atoms with van der Waals surface area (Å²) in [6.45, 7) is 0. The molecule has 23 heavy (non-hydrogen) atoms. The largest absolute Gasteiger partial charge is 0.479 e. The van der Waals surface area contributed by atoms with Crippen LogP contribution in [0.4, 0.5) is 5.69 Å². The molecule has 0 unspecified atom stereocenters. The van der Waals surface area contributed by atoms with Gasteiger partial charge < -0.3 is 15.4 Å². The number of methoxy groups -OCH3 is 1. The highest BCUT2D eigenvalue weighted by atomic mass is 32.2. The van der Waals surface area contributed by atoms with Crippen LogP contribution in [0.1, 0.15) is 32.1 Å². The van der Waals surface area contributed by atoms with Gasteiger partial charge in [0.15, 0.2) is 5.16 Å². The predicted molar refractivity (Wildman–Crippen MR) is 90.8 cm³/mol. The molecule has 0 bridgehead atoms. The van der Waals surface area contributed by atoms with E-state index in [1.165, 1.54) is 36.4 Å². The van der Waals surface area contributed by atoms with Gasteiger partial charge in [0.1, 0.15) is 10.7 Å². The number of hydrogen-bond donors (Lipinski definition) is 2. The lowest BCUT2D eigenvalue weighted by Gasteiger charge is -2.38. The summed E-state index contributed by atoms with van der Waals surface area (Å²) in [5.74, 6) is 0.546. The van der Waals surface area contributed by atoms with E-state index >= 15 is 0 Å². The van der Waals surface area contributed by atoms with Gasteiger partial charge in [0, 0.05) is 17.7 Å². The van der Waals surface area contributed by atoms with Gasteiger partial charge in [0.05, 0.1) is 12.0 Å². The smallest absolute Gasteiger partial charge is 0.260 e. The zero-order valence-corrected chi connectivity index (χ0v) is 14.7. The molecule has 1 fully saturated rings. The second-order valence-electron chi connectivity index (χ2n) is 6.05. The average molecular weight is 350 g/mol. The van der Waals surface area contributed by atoms with Crippen molar-refractivity contribution in [1.29, 1.82) is 0 Å². The number of aromatic nitrogens is 2. The van der Waals surface area contributed by atoms with Gasteiger partial charge in [-0.2, -0.15) is 4.98 Å². The van der Waals surface area contributed by atoms with Gasteiger partial charge in [-0.3, -0.25) is 4.79 Å². The third-order valence-electron chi connectivity index (χ3n) is 4.61. The maximum Gasteiger partial charge on any atom is 0.260 e. The van der Waals surface area contributed by atoms with Crippen LogP contribution in [0.3, 0.4) is 0 Å². The maximum atomic E-state index is 12.6. The van der Waals surface area contributed by atoms with Crippen molar-refractivity contribution in [2.45, 2.75) is 47.8 Å². The van der Waals surface area contributed by atoms with E-state index in [2.05, 4.69) is 20.6 Å². The number of hydrogen-bond acceptors (Lipinski definition) is 7. The van der Waals surface area contributed by atoms with Crippen molar-refractivity contribution < 1.29 is 9.53 Å². The van der Waals surface area contributed by atoms with Crippen molar-refractivity contribution in [1.82, 2.24) is 15.3 Å². The number of nitrogens with zero attached hydrogens (tertiary/aromatic N) is 2. The van der Waals surface area contributed by atoms with Crippen molar-refractivity contribution in [3.05, 3.63) is 10.6 Å². The van der Waals surface area contributed by atoms with Gasteiger partial charge in [-0.05, 0) is 19.1 Å². The summed E-state index contributed by atoms with van der Waals surface area (Å²) in [6, 6.07) is 0. The number of anilines is 1. The summed E-state index contributed by atoms with van der Waals surface area (Å²) in [5, 5.41) is 8.02. The standard InChI is InChI=1S/C15H18N4O2S2/c1-21-12-9-13(18-14(17-12)22-2)23-10-8(16-9)7-15(19-11(10)20)5-3-4-6-15/h16H,3-7H2,1-2H3,(H,19,20). The van der Waals surface area contributed by atoms with E-state index in [0.717, 1.165) is 40.6 Å². The molecule has 4 rings (SSSR count). The normalized spacial score (nSPS) is 21.6. The molecule has 1 amide bonds. The first-order chi connectivity index (χ1) is 11.1. The third kappa shape index (κ3) is 2.48. The Bertz CT molecular complexity index is 714. The van der Waals surface area contributed by atoms with Gasteiger partial charge in [-0.15, -0.1) is 0 Å². The molecule has 1 aromatic rings.